The monoisotopic (exact) mass is 463 g/mol. The number of allylic oxidation sites excluding steroid dienone is 1. The number of carbonyl (C=O) groups excluding carboxylic acids is 2. The lowest BCUT2D eigenvalue weighted by Gasteiger charge is -2.31. The van der Waals surface area contributed by atoms with Crippen molar-refractivity contribution in [2.75, 3.05) is 6.61 Å². The van der Waals surface area contributed by atoms with E-state index >= 15 is 0 Å². The van der Waals surface area contributed by atoms with Gasteiger partial charge in [0.2, 0.25) is 5.91 Å². The van der Waals surface area contributed by atoms with Crippen LogP contribution in [0.4, 0.5) is 0 Å². The largest absolute Gasteiger partial charge is 0.461 e. The highest BCUT2D eigenvalue weighted by Crippen LogP contribution is 2.38. The van der Waals surface area contributed by atoms with Gasteiger partial charge in [-0.1, -0.05) is 79.1 Å². The molecular formula is C29H37NO4. The molecule has 34 heavy (non-hydrogen) atoms. The molecule has 1 amide bonds. The molecule has 1 aliphatic rings. The van der Waals surface area contributed by atoms with Gasteiger partial charge in [-0.3, -0.25) is 9.59 Å². The third-order valence-corrected chi connectivity index (χ3v) is 6.63. The van der Waals surface area contributed by atoms with Crippen LogP contribution in [0.1, 0.15) is 50.2 Å². The third-order valence-electron chi connectivity index (χ3n) is 6.63. The summed E-state index contributed by atoms with van der Waals surface area (Å²) in [5.41, 5.74) is 2.81. The summed E-state index contributed by atoms with van der Waals surface area (Å²) in [7, 11) is 0. The number of ether oxygens (including phenoxy) is 1. The molecule has 1 aliphatic carbocycles. The van der Waals surface area contributed by atoms with Crippen molar-refractivity contribution in [2.24, 2.45) is 17.8 Å². The summed E-state index contributed by atoms with van der Waals surface area (Å²) in [5.74, 6) is -1.53. The molecule has 3 atom stereocenters. The molecule has 0 radical (unpaired) electrons. The molecule has 182 valence electrons. The summed E-state index contributed by atoms with van der Waals surface area (Å²) in [6.45, 7) is 5.93. The van der Waals surface area contributed by atoms with Crippen LogP contribution in [0, 0.1) is 17.8 Å². The van der Waals surface area contributed by atoms with E-state index in [9.17, 15) is 14.7 Å². The summed E-state index contributed by atoms with van der Waals surface area (Å²) >= 11 is 0. The minimum Gasteiger partial charge on any atom is -0.461 e. The molecule has 2 aromatic carbocycles. The summed E-state index contributed by atoms with van der Waals surface area (Å²) in [4.78, 5) is 26.9. The summed E-state index contributed by atoms with van der Waals surface area (Å²) in [6, 6.07) is 18.9. The summed E-state index contributed by atoms with van der Waals surface area (Å²) in [5, 5.41) is 13.0. The van der Waals surface area contributed by atoms with Crippen LogP contribution in [0.15, 0.2) is 72.8 Å². The van der Waals surface area contributed by atoms with E-state index in [2.05, 4.69) is 11.9 Å². The molecule has 0 aromatic heterocycles. The number of benzene rings is 2. The van der Waals surface area contributed by atoms with Crippen molar-refractivity contribution < 1.29 is 19.4 Å². The molecule has 0 heterocycles. The number of hydrogen-bond donors (Lipinski definition) is 2. The molecule has 0 saturated heterocycles. The van der Waals surface area contributed by atoms with Gasteiger partial charge in [0.25, 0.3) is 0 Å². The zero-order chi connectivity index (χ0) is 24.3. The van der Waals surface area contributed by atoms with Crippen molar-refractivity contribution in [2.45, 2.75) is 58.1 Å². The van der Waals surface area contributed by atoms with Crippen molar-refractivity contribution >= 4 is 11.9 Å². The van der Waals surface area contributed by atoms with E-state index in [1.165, 1.54) is 0 Å². The standard InChI is InChI=1S/C29H37NO4/c1-21(2)17-26(28(32)30-25(19-31)18-22-11-5-3-6-12-22)27(24-15-9-10-16-24)29(33)34-20-23-13-7-4-8-14-23/h3-8,11-14,24-27,31H,1,9-10,15-20H2,2H3,(H,30,32)/t25-,26+,27-/m0/s1. The van der Waals surface area contributed by atoms with Crippen LogP contribution in [0.2, 0.25) is 0 Å². The first-order chi connectivity index (χ1) is 16.5. The molecule has 1 fully saturated rings. The normalized spacial score (nSPS) is 16.4. The van der Waals surface area contributed by atoms with Crippen LogP contribution in [0.5, 0.6) is 0 Å². The Hall–Kier alpha value is -2.92. The second-order valence-electron chi connectivity index (χ2n) is 9.51. The number of amides is 1. The van der Waals surface area contributed by atoms with Crippen LogP contribution in [-0.4, -0.2) is 29.6 Å². The van der Waals surface area contributed by atoms with E-state index in [1.807, 2.05) is 67.6 Å². The van der Waals surface area contributed by atoms with Crippen molar-refractivity contribution in [1.82, 2.24) is 5.32 Å². The van der Waals surface area contributed by atoms with E-state index in [4.69, 9.17) is 4.74 Å². The highest BCUT2D eigenvalue weighted by Gasteiger charge is 2.41. The molecule has 2 N–H and O–H groups in total. The molecule has 0 unspecified atom stereocenters. The minimum atomic E-state index is -0.575. The Bertz CT molecular complexity index is 922. The fourth-order valence-electron chi connectivity index (χ4n) is 4.95. The lowest BCUT2D eigenvalue weighted by atomic mass is 9.77. The van der Waals surface area contributed by atoms with Crippen molar-refractivity contribution in [3.63, 3.8) is 0 Å². The number of nitrogens with one attached hydrogen (secondary N) is 1. The van der Waals surface area contributed by atoms with Crippen LogP contribution in [0.3, 0.4) is 0 Å². The van der Waals surface area contributed by atoms with Crippen molar-refractivity contribution in [3.8, 4) is 0 Å². The first-order valence-corrected chi connectivity index (χ1v) is 12.3. The first-order valence-electron chi connectivity index (χ1n) is 12.3. The Morgan fingerprint density at radius 2 is 1.62 bits per heavy atom. The molecule has 0 aliphatic heterocycles. The Labute approximate surface area is 203 Å². The Morgan fingerprint density at radius 3 is 2.18 bits per heavy atom. The molecule has 3 rings (SSSR count). The number of aliphatic hydroxyl groups is 1. The maximum absolute atomic E-state index is 13.5. The van der Waals surface area contributed by atoms with Gasteiger partial charge in [-0.25, -0.2) is 0 Å². The van der Waals surface area contributed by atoms with Gasteiger partial charge in [0, 0.05) is 0 Å². The first kappa shape index (κ1) is 25.7. The van der Waals surface area contributed by atoms with Crippen molar-refractivity contribution in [3.05, 3.63) is 83.9 Å². The molecule has 2 aromatic rings. The third kappa shape index (κ3) is 7.56. The fraction of sp³-hybridized carbons (Fsp3) is 0.448. The van der Waals surface area contributed by atoms with Gasteiger partial charge in [0.05, 0.1) is 24.5 Å². The van der Waals surface area contributed by atoms with Gasteiger partial charge in [-0.2, -0.15) is 0 Å². The number of carbonyl (C=O) groups is 2. The second-order valence-corrected chi connectivity index (χ2v) is 9.51. The molecular weight excluding hydrogens is 426 g/mol. The fourth-order valence-corrected chi connectivity index (χ4v) is 4.95. The van der Waals surface area contributed by atoms with Gasteiger partial charge in [-0.15, -0.1) is 6.58 Å². The molecule has 5 heteroatoms. The number of hydrogen-bond acceptors (Lipinski definition) is 4. The average Bonchev–Trinajstić information content (AvgIpc) is 3.37. The summed E-state index contributed by atoms with van der Waals surface area (Å²) in [6.07, 6.45) is 4.88. The van der Waals surface area contributed by atoms with Crippen LogP contribution in [-0.2, 0) is 27.4 Å². The highest BCUT2D eigenvalue weighted by molar-refractivity contribution is 5.86. The van der Waals surface area contributed by atoms with Crippen LogP contribution >= 0.6 is 0 Å². The van der Waals surface area contributed by atoms with Gasteiger partial charge in [0.15, 0.2) is 0 Å². The van der Waals surface area contributed by atoms with Gasteiger partial charge in [-0.05, 0) is 49.7 Å². The van der Waals surface area contributed by atoms with Crippen LogP contribution in [0.25, 0.3) is 0 Å². The van der Waals surface area contributed by atoms with Gasteiger partial charge >= 0.3 is 5.97 Å². The number of rotatable bonds is 12. The smallest absolute Gasteiger partial charge is 0.310 e. The summed E-state index contributed by atoms with van der Waals surface area (Å²) < 4.78 is 5.74. The van der Waals surface area contributed by atoms with Crippen molar-refractivity contribution in [1.29, 1.82) is 0 Å². The number of aliphatic hydroxyl groups excluding tert-OH is 1. The van der Waals surface area contributed by atoms with E-state index in [0.717, 1.165) is 42.4 Å². The molecule has 0 bridgehead atoms. The van der Waals surface area contributed by atoms with Crippen LogP contribution < -0.4 is 5.32 Å². The maximum Gasteiger partial charge on any atom is 0.310 e. The molecule has 5 nitrogen and oxygen atoms in total. The second kappa shape index (κ2) is 13.1. The lowest BCUT2D eigenvalue weighted by molar-refractivity contribution is -0.157. The Balaban J connectivity index is 1.77. The zero-order valence-corrected chi connectivity index (χ0v) is 20.1. The topological polar surface area (TPSA) is 75.6 Å². The highest BCUT2D eigenvalue weighted by atomic mass is 16.5. The number of esters is 1. The van der Waals surface area contributed by atoms with E-state index in [-0.39, 0.29) is 31.0 Å². The SMILES string of the molecule is C=C(C)C[C@@H](C(=O)N[C@H](CO)Cc1ccccc1)[C@@H](C(=O)OCc1ccccc1)C1CCCC1. The van der Waals surface area contributed by atoms with Gasteiger partial charge < -0.3 is 15.2 Å². The maximum atomic E-state index is 13.5. The van der Waals surface area contributed by atoms with E-state index < -0.39 is 17.9 Å². The lowest BCUT2D eigenvalue weighted by Crippen LogP contribution is -2.47. The predicted molar refractivity (Wildman–Crippen MR) is 134 cm³/mol. The molecule has 0 spiro atoms. The predicted octanol–water partition coefficient (Wildman–Crippen LogP) is 4.84. The van der Waals surface area contributed by atoms with E-state index in [0.29, 0.717) is 12.8 Å². The van der Waals surface area contributed by atoms with E-state index in [1.54, 1.807) is 0 Å². The molecule has 1 saturated carbocycles. The average molecular weight is 464 g/mol. The Kier molecular flexibility index (Phi) is 9.89. The van der Waals surface area contributed by atoms with Gasteiger partial charge in [0.1, 0.15) is 6.61 Å². The quantitative estimate of drug-likeness (QED) is 0.349. The zero-order valence-electron chi connectivity index (χ0n) is 20.1. The Morgan fingerprint density at radius 1 is 1.03 bits per heavy atom. The minimum absolute atomic E-state index is 0.111.